The van der Waals surface area contributed by atoms with E-state index in [9.17, 15) is 19.8 Å². The number of aliphatic hydroxyl groups excluding tert-OH is 1. The fraction of sp³-hybridized carbons (Fsp3) is 0.333. The van der Waals surface area contributed by atoms with Gasteiger partial charge in [0.2, 0.25) is 0 Å². The smallest absolute Gasteiger partial charge is 0.408 e. The van der Waals surface area contributed by atoms with Crippen LogP contribution >= 0.6 is 0 Å². The van der Waals surface area contributed by atoms with Crippen molar-refractivity contribution in [3.63, 3.8) is 0 Å². The molecule has 1 fully saturated rings. The molecular weight excluding hydrogens is 346 g/mol. The summed E-state index contributed by atoms with van der Waals surface area (Å²) in [5.74, 6) is -1.33. The largest absolute Gasteiger partial charge is 0.479 e. The average Bonchev–Trinajstić information content (AvgIpc) is 3.19. The van der Waals surface area contributed by atoms with Crippen molar-refractivity contribution in [1.82, 2.24) is 5.32 Å². The van der Waals surface area contributed by atoms with Gasteiger partial charge in [-0.3, -0.25) is 0 Å². The van der Waals surface area contributed by atoms with Crippen molar-refractivity contribution in [3.8, 4) is 11.1 Å². The van der Waals surface area contributed by atoms with Gasteiger partial charge in [0.1, 0.15) is 6.61 Å². The van der Waals surface area contributed by atoms with E-state index >= 15 is 0 Å². The number of benzene rings is 2. The highest BCUT2D eigenvalue weighted by Gasteiger charge is 2.50. The van der Waals surface area contributed by atoms with E-state index in [0.29, 0.717) is 12.8 Å². The third kappa shape index (κ3) is 2.86. The van der Waals surface area contributed by atoms with E-state index in [1.165, 1.54) is 0 Å². The molecule has 2 aromatic rings. The SMILES string of the molecule is O=C(N[C@]1(C(=O)O)CCC[C@@H]1O)OCC1c2ccccc2-c2ccccc21. The Morgan fingerprint density at radius 1 is 1.07 bits per heavy atom. The van der Waals surface area contributed by atoms with Crippen LogP contribution in [0.3, 0.4) is 0 Å². The molecule has 2 aromatic carbocycles. The summed E-state index contributed by atoms with van der Waals surface area (Å²) >= 11 is 0. The molecule has 0 aromatic heterocycles. The van der Waals surface area contributed by atoms with Crippen LogP contribution in [0.15, 0.2) is 48.5 Å². The average molecular weight is 367 g/mol. The Bertz CT molecular complexity index is 850. The third-order valence-electron chi connectivity index (χ3n) is 5.67. The van der Waals surface area contributed by atoms with Crippen LogP contribution < -0.4 is 5.32 Å². The number of carbonyl (C=O) groups excluding carboxylic acids is 1. The summed E-state index contributed by atoms with van der Waals surface area (Å²) in [7, 11) is 0. The zero-order chi connectivity index (χ0) is 19.0. The highest BCUT2D eigenvalue weighted by atomic mass is 16.5. The molecule has 0 saturated heterocycles. The van der Waals surface area contributed by atoms with Crippen molar-refractivity contribution in [2.45, 2.75) is 36.8 Å². The molecule has 0 spiro atoms. The van der Waals surface area contributed by atoms with Gasteiger partial charge in [0.15, 0.2) is 5.54 Å². The van der Waals surface area contributed by atoms with Gasteiger partial charge in [0, 0.05) is 5.92 Å². The number of carboxylic acids is 1. The molecular formula is C21H21NO5. The molecule has 1 saturated carbocycles. The monoisotopic (exact) mass is 367 g/mol. The molecule has 0 heterocycles. The second-order valence-electron chi connectivity index (χ2n) is 7.14. The highest BCUT2D eigenvalue weighted by molar-refractivity contribution is 5.85. The highest BCUT2D eigenvalue weighted by Crippen LogP contribution is 2.44. The van der Waals surface area contributed by atoms with Gasteiger partial charge in [-0.2, -0.15) is 0 Å². The first-order chi connectivity index (χ1) is 13.0. The molecule has 0 bridgehead atoms. The third-order valence-corrected chi connectivity index (χ3v) is 5.67. The van der Waals surface area contributed by atoms with E-state index in [4.69, 9.17) is 4.74 Å². The van der Waals surface area contributed by atoms with Crippen molar-refractivity contribution in [2.24, 2.45) is 0 Å². The van der Waals surface area contributed by atoms with Crippen LogP contribution in [0.4, 0.5) is 4.79 Å². The number of carboxylic acid groups (broad SMARTS) is 1. The molecule has 1 amide bonds. The number of hydrogen-bond acceptors (Lipinski definition) is 4. The Morgan fingerprint density at radius 3 is 2.19 bits per heavy atom. The Balaban J connectivity index is 1.51. The summed E-state index contributed by atoms with van der Waals surface area (Å²) in [4.78, 5) is 24.0. The standard InChI is InChI=1S/C21H21NO5/c23-18-10-5-11-21(18,19(24)25)22-20(26)27-12-17-15-8-3-1-6-13(15)14-7-2-4-9-16(14)17/h1-4,6-9,17-18,23H,5,10-12H2,(H,22,26)(H,24,25)/t18-,21+/m0/s1. The van der Waals surface area contributed by atoms with Gasteiger partial charge in [-0.05, 0) is 41.5 Å². The van der Waals surface area contributed by atoms with Crippen LogP contribution in [0.2, 0.25) is 0 Å². The molecule has 2 atom stereocenters. The van der Waals surface area contributed by atoms with Crippen molar-refractivity contribution in [3.05, 3.63) is 59.7 Å². The lowest BCUT2D eigenvalue weighted by Crippen LogP contribution is -2.59. The zero-order valence-corrected chi connectivity index (χ0v) is 14.7. The normalized spacial score (nSPS) is 23.5. The van der Waals surface area contributed by atoms with E-state index in [2.05, 4.69) is 5.32 Å². The zero-order valence-electron chi connectivity index (χ0n) is 14.7. The predicted molar refractivity (Wildman–Crippen MR) is 98.4 cm³/mol. The number of nitrogens with one attached hydrogen (secondary N) is 1. The number of aliphatic carboxylic acids is 1. The second-order valence-corrected chi connectivity index (χ2v) is 7.14. The molecule has 6 nitrogen and oxygen atoms in total. The first-order valence-electron chi connectivity index (χ1n) is 9.07. The van der Waals surface area contributed by atoms with E-state index in [1.54, 1.807) is 0 Å². The molecule has 0 unspecified atom stereocenters. The number of rotatable bonds is 4. The number of alkyl carbamates (subject to hydrolysis) is 1. The van der Waals surface area contributed by atoms with Crippen LogP contribution in [-0.4, -0.2) is 40.5 Å². The summed E-state index contributed by atoms with van der Waals surface area (Å²) < 4.78 is 5.40. The van der Waals surface area contributed by atoms with E-state index < -0.39 is 23.7 Å². The van der Waals surface area contributed by atoms with Crippen LogP contribution in [0, 0.1) is 0 Å². The van der Waals surface area contributed by atoms with Crippen LogP contribution in [0.25, 0.3) is 11.1 Å². The molecule has 3 N–H and O–H groups in total. The Hall–Kier alpha value is -2.86. The number of aliphatic hydroxyl groups is 1. The first-order valence-corrected chi connectivity index (χ1v) is 9.07. The lowest BCUT2D eigenvalue weighted by molar-refractivity contribution is -0.148. The summed E-state index contributed by atoms with van der Waals surface area (Å²) in [5.41, 5.74) is 2.74. The quantitative estimate of drug-likeness (QED) is 0.772. The maximum Gasteiger partial charge on any atom is 0.408 e. The maximum atomic E-state index is 12.3. The molecule has 140 valence electrons. The first kappa shape index (κ1) is 17.5. The summed E-state index contributed by atoms with van der Waals surface area (Å²) in [5, 5.41) is 21.9. The molecule has 6 heteroatoms. The van der Waals surface area contributed by atoms with Crippen molar-refractivity contribution in [1.29, 1.82) is 0 Å². The summed E-state index contributed by atoms with van der Waals surface area (Å²) in [6, 6.07) is 16.0. The number of ether oxygens (including phenoxy) is 1. The van der Waals surface area contributed by atoms with Crippen LogP contribution in [0.1, 0.15) is 36.3 Å². The van der Waals surface area contributed by atoms with E-state index in [1.807, 2.05) is 48.5 Å². The van der Waals surface area contributed by atoms with Gasteiger partial charge in [-0.1, -0.05) is 48.5 Å². The van der Waals surface area contributed by atoms with Gasteiger partial charge in [-0.25, -0.2) is 9.59 Å². The minimum Gasteiger partial charge on any atom is -0.479 e. The predicted octanol–water partition coefficient (Wildman–Crippen LogP) is 2.89. The van der Waals surface area contributed by atoms with Gasteiger partial charge < -0.3 is 20.3 Å². The van der Waals surface area contributed by atoms with Gasteiger partial charge in [0.25, 0.3) is 0 Å². The van der Waals surface area contributed by atoms with Gasteiger partial charge >= 0.3 is 12.1 Å². The second kappa shape index (κ2) is 6.70. The summed E-state index contributed by atoms with van der Waals surface area (Å²) in [6.07, 6.45) is -0.864. The molecule has 2 aliphatic rings. The summed E-state index contributed by atoms with van der Waals surface area (Å²) in [6.45, 7) is 0.103. The van der Waals surface area contributed by atoms with E-state index in [0.717, 1.165) is 22.3 Å². The number of amides is 1. The Labute approximate surface area is 156 Å². The molecule has 0 radical (unpaired) electrons. The van der Waals surface area contributed by atoms with E-state index in [-0.39, 0.29) is 18.9 Å². The molecule has 27 heavy (non-hydrogen) atoms. The number of hydrogen-bond donors (Lipinski definition) is 3. The minimum atomic E-state index is -1.66. The lowest BCUT2D eigenvalue weighted by Gasteiger charge is -2.28. The van der Waals surface area contributed by atoms with Crippen LogP contribution in [0.5, 0.6) is 0 Å². The van der Waals surface area contributed by atoms with Crippen molar-refractivity contribution >= 4 is 12.1 Å². The van der Waals surface area contributed by atoms with Gasteiger partial charge in [-0.15, -0.1) is 0 Å². The fourth-order valence-corrected chi connectivity index (χ4v) is 4.25. The Morgan fingerprint density at radius 2 is 1.67 bits per heavy atom. The van der Waals surface area contributed by atoms with Gasteiger partial charge in [0.05, 0.1) is 6.10 Å². The molecule has 4 rings (SSSR count). The minimum absolute atomic E-state index is 0.0996. The van der Waals surface area contributed by atoms with Crippen molar-refractivity contribution < 1.29 is 24.5 Å². The number of fused-ring (bicyclic) bond motifs is 3. The maximum absolute atomic E-state index is 12.3. The van der Waals surface area contributed by atoms with Crippen LogP contribution in [-0.2, 0) is 9.53 Å². The van der Waals surface area contributed by atoms with Crippen molar-refractivity contribution in [2.75, 3.05) is 6.61 Å². The Kier molecular flexibility index (Phi) is 4.36. The lowest BCUT2D eigenvalue weighted by atomic mass is 9.95. The molecule has 0 aliphatic heterocycles. The molecule has 2 aliphatic carbocycles. The topological polar surface area (TPSA) is 95.9 Å². The fourth-order valence-electron chi connectivity index (χ4n) is 4.25. The number of carbonyl (C=O) groups is 2.